The van der Waals surface area contributed by atoms with Gasteiger partial charge in [-0.15, -0.1) is 0 Å². The second-order valence-electron chi connectivity index (χ2n) is 4.79. The minimum Gasteiger partial charge on any atom is -0.392 e. The van der Waals surface area contributed by atoms with Crippen molar-refractivity contribution in [3.8, 4) is 0 Å². The van der Waals surface area contributed by atoms with Gasteiger partial charge in [0.15, 0.2) is 0 Å². The molecule has 0 aromatic heterocycles. The first-order valence-corrected chi connectivity index (χ1v) is 5.52. The summed E-state index contributed by atoms with van der Waals surface area (Å²) in [5.41, 5.74) is -0.0695. The Labute approximate surface area is 87.1 Å². The minimum absolute atomic E-state index is 0.0695. The molecule has 14 heavy (non-hydrogen) atoms. The number of nitrogens with zero attached hydrogens (tertiary/aromatic N) is 1. The van der Waals surface area contributed by atoms with Gasteiger partial charge in [-0.25, -0.2) is 0 Å². The van der Waals surface area contributed by atoms with Crippen LogP contribution in [0.25, 0.3) is 0 Å². The number of rotatable bonds is 3. The van der Waals surface area contributed by atoms with E-state index in [2.05, 4.69) is 25.7 Å². The van der Waals surface area contributed by atoms with E-state index in [1.165, 1.54) is 0 Å². The molecule has 0 saturated carbocycles. The van der Waals surface area contributed by atoms with E-state index in [0.29, 0.717) is 0 Å². The maximum Gasteiger partial charge on any atom is 0.0753 e. The Balaban J connectivity index is 2.51. The highest BCUT2D eigenvalue weighted by Gasteiger charge is 2.31. The molecule has 0 aromatic carbocycles. The third-order valence-electron chi connectivity index (χ3n) is 3.01. The molecule has 3 nitrogen and oxygen atoms in total. The van der Waals surface area contributed by atoms with Gasteiger partial charge < -0.3 is 9.84 Å². The van der Waals surface area contributed by atoms with Crippen LogP contribution in [0.5, 0.6) is 0 Å². The first kappa shape index (κ1) is 12.0. The highest BCUT2D eigenvalue weighted by atomic mass is 16.5. The zero-order valence-electron chi connectivity index (χ0n) is 9.79. The zero-order valence-corrected chi connectivity index (χ0v) is 9.79. The van der Waals surface area contributed by atoms with Crippen LogP contribution in [0.1, 0.15) is 34.1 Å². The summed E-state index contributed by atoms with van der Waals surface area (Å²) in [6, 6.07) is 0.239. The summed E-state index contributed by atoms with van der Waals surface area (Å²) >= 11 is 0. The highest BCUT2D eigenvalue weighted by Crippen LogP contribution is 2.20. The van der Waals surface area contributed by atoms with Crippen LogP contribution in [0.3, 0.4) is 0 Å². The first-order chi connectivity index (χ1) is 6.46. The number of hydrogen-bond acceptors (Lipinski definition) is 3. The summed E-state index contributed by atoms with van der Waals surface area (Å²) in [6.07, 6.45) is 0.600. The van der Waals surface area contributed by atoms with E-state index < -0.39 is 0 Å². The van der Waals surface area contributed by atoms with Crippen LogP contribution in [0.2, 0.25) is 0 Å². The number of aliphatic hydroxyl groups is 1. The molecule has 0 spiro atoms. The number of ether oxygens (including phenoxy) is 1. The SMILES string of the molecule is CCC(O)C(C)N1CCOC(C)(C)C1. The zero-order chi connectivity index (χ0) is 10.8. The monoisotopic (exact) mass is 201 g/mol. The standard InChI is InChI=1S/C11H23NO2/c1-5-10(13)9(2)12-6-7-14-11(3,4)8-12/h9-10,13H,5-8H2,1-4H3. The molecule has 1 N–H and O–H groups in total. The fourth-order valence-electron chi connectivity index (χ4n) is 1.99. The normalized spacial score (nSPS) is 27.2. The largest absolute Gasteiger partial charge is 0.392 e. The van der Waals surface area contributed by atoms with Crippen LogP contribution < -0.4 is 0 Å². The summed E-state index contributed by atoms with van der Waals surface area (Å²) < 4.78 is 5.64. The number of aliphatic hydroxyl groups excluding tert-OH is 1. The number of hydrogen-bond donors (Lipinski definition) is 1. The van der Waals surface area contributed by atoms with E-state index in [4.69, 9.17) is 4.74 Å². The molecule has 0 aromatic rings. The van der Waals surface area contributed by atoms with Crippen molar-refractivity contribution in [3.63, 3.8) is 0 Å². The summed E-state index contributed by atoms with van der Waals surface area (Å²) in [4.78, 5) is 2.32. The molecule has 0 aliphatic carbocycles. The van der Waals surface area contributed by atoms with Crippen LogP contribution >= 0.6 is 0 Å². The van der Waals surface area contributed by atoms with Crippen molar-refractivity contribution in [2.45, 2.75) is 51.9 Å². The molecule has 1 aliphatic rings. The van der Waals surface area contributed by atoms with Gasteiger partial charge in [-0.3, -0.25) is 4.90 Å². The van der Waals surface area contributed by atoms with Gasteiger partial charge in [0.25, 0.3) is 0 Å². The van der Waals surface area contributed by atoms with Crippen molar-refractivity contribution >= 4 is 0 Å². The Morgan fingerprint density at radius 3 is 2.64 bits per heavy atom. The Morgan fingerprint density at radius 2 is 2.14 bits per heavy atom. The molecule has 84 valence electrons. The average molecular weight is 201 g/mol. The molecule has 2 unspecified atom stereocenters. The molecule has 1 heterocycles. The fraction of sp³-hybridized carbons (Fsp3) is 1.00. The lowest BCUT2D eigenvalue weighted by atomic mass is 10.0. The second-order valence-corrected chi connectivity index (χ2v) is 4.79. The summed E-state index contributed by atoms with van der Waals surface area (Å²) in [7, 11) is 0. The first-order valence-electron chi connectivity index (χ1n) is 5.52. The quantitative estimate of drug-likeness (QED) is 0.746. The fourth-order valence-corrected chi connectivity index (χ4v) is 1.99. The number of morpholine rings is 1. The topological polar surface area (TPSA) is 32.7 Å². The minimum atomic E-state index is -0.219. The van der Waals surface area contributed by atoms with E-state index in [-0.39, 0.29) is 17.7 Å². The maximum atomic E-state index is 9.77. The predicted molar refractivity (Wildman–Crippen MR) is 57.4 cm³/mol. The van der Waals surface area contributed by atoms with E-state index >= 15 is 0 Å². The van der Waals surface area contributed by atoms with Crippen LogP contribution in [0.15, 0.2) is 0 Å². The van der Waals surface area contributed by atoms with Gasteiger partial charge in [-0.05, 0) is 27.2 Å². The van der Waals surface area contributed by atoms with Gasteiger partial charge in [0, 0.05) is 19.1 Å². The van der Waals surface area contributed by atoms with Gasteiger partial charge >= 0.3 is 0 Å². The van der Waals surface area contributed by atoms with E-state index in [9.17, 15) is 5.11 Å². The predicted octanol–water partition coefficient (Wildman–Crippen LogP) is 1.26. The lowest BCUT2D eigenvalue weighted by Gasteiger charge is -2.42. The molecule has 3 heteroatoms. The van der Waals surface area contributed by atoms with Crippen molar-refractivity contribution in [1.29, 1.82) is 0 Å². The van der Waals surface area contributed by atoms with Crippen LogP contribution in [-0.4, -0.2) is 47.4 Å². The molecular formula is C11H23NO2. The molecule has 1 rings (SSSR count). The van der Waals surface area contributed by atoms with Crippen LogP contribution in [-0.2, 0) is 4.74 Å². The molecule has 0 amide bonds. The van der Waals surface area contributed by atoms with E-state index in [1.54, 1.807) is 0 Å². The molecule has 1 aliphatic heterocycles. The van der Waals surface area contributed by atoms with Crippen molar-refractivity contribution in [2.24, 2.45) is 0 Å². The molecular weight excluding hydrogens is 178 g/mol. The third kappa shape index (κ3) is 2.94. The van der Waals surface area contributed by atoms with Gasteiger partial charge in [0.2, 0.25) is 0 Å². The van der Waals surface area contributed by atoms with Crippen molar-refractivity contribution in [1.82, 2.24) is 4.90 Å². The molecule has 2 atom stereocenters. The van der Waals surface area contributed by atoms with Crippen molar-refractivity contribution in [3.05, 3.63) is 0 Å². The Kier molecular flexibility index (Phi) is 3.93. The Morgan fingerprint density at radius 1 is 1.50 bits per heavy atom. The highest BCUT2D eigenvalue weighted by molar-refractivity contribution is 4.84. The lowest BCUT2D eigenvalue weighted by molar-refractivity contribution is -0.107. The summed E-state index contributed by atoms with van der Waals surface area (Å²) in [5.74, 6) is 0. The van der Waals surface area contributed by atoms with Gasteiger partial charge in [-0.2, -0.15) is 0 Å². The molecule has 0 bridgehead atoms. The Bertz CT molecular complexity index is 182. The van der Waals surface area contributed by atoms with Crippen molar-refractivity contribution < 1.29 is 9.84 Å². The van der Waals surface area contributed by atoms with Crippen LogP contribution in [0, 0.1) is 0 Å². The second kappa shape index (κ2) is 4.60. The van der Waals surface area contributed by atoms with Crippen LogP contribution in [0.4, 0.5) is 0 Å². The lowest BCUT2D eigenvalue weighted by Crippen LogP contribution is -2.54. The van der Waals surface area contributed by atoms with E-state index in [0.717, 1.165) is 26.1 Å². The summed E-state index contributed by atoms with van der Waals surface area (Å²) in [5, 5.41) is 9.77. The Hall–Kier alpha value is -0.120. The summed E-state index contributed by atoms with van der Waals surface area (Å²) in [6.45, 7) is 10.9. The molecule has 1 fully saturated rings. The average Bonchev–Trinajstić information content (AvgIpc) is 2.14. The third-order valence-corrected chi connectivity index (χ3v) is 3.01. The van der Waals surface area contributed by atoms with Gasteiger partial charge in [0.1, 0.15) is 0 Å². The smallest absolute Gasteiger partial charge is 0.0753 e. The van der Waals surface area contributed by atoms with Crippen molar-refractivity contribution in [2.75, 3.05) is 19.7 Å². The van der Waals surface area contributed by atoms with Gasteiger partial charge in [0.05, 0.1) is 18.3 Å². The maximum absolute atomic E-state index is 9.77. The molecule has 1 saturated heterocycles. The molecule has 0 radical (unpaired) electrons. The van der Waals surface area contributed by atoms with E-state index in [1.807, 2.05) is 6.92 Å². The van der Waals surface area contributed by atoms with Gasteiger partial charge in [-0.1, -0.05) is 6.92 Å².